The standard InChI is InChI=1S/C12H16F3NO/c1-3-4-7-16-10-8-9(12(13,14)15)5-6-11(10)17-2/h5-6,8,16H,3-4,7H2,1-2H3. The summed E-state index contributed by atoms with van der Waals surface area (Å²) in [5.74, 6) is 0.425. The molecular formula is C12H16F3NO. The van der Waals surface area contributed by atoms with E-state index in [-0.39, 0.29) is 0 Å². The van der Waals surface area contributed by atoms with Gasteiger partial charge in [0.15, 0.2) is 0 Å². The number of unbranched alkanes of at least 4 members (excludes halogenated alkanes) is 1. The number of benzene rings is 1. The molecule has 0 aliphatic rings. The van der Waals surface area contributed by atoms with Crippen molar-refractivity contribution < 1.29 is 17.9 Å². The molecule has 0 fully saturated rings. The summed E-state index contributed by atoms with van der Waals surface area (Å²) in [7, 11) is 1.44. The van der Waals surface area contributed by atoms with Crippen molar-refractivity contribution in [2.45, 2.75) is 25.9 Å². The first kappa shape index (κ1) is 13.7. The minimum atomic E-state index is -4.33. The summed E-state index contributed by atoms with van der Waals surface area (Å²) in [6.07, 6.45) is -2.44. The topological polar surface area (TPSA) is 21.3 Å². The van der Waals surface area contributed by atoms with Crippen LogP contribution in [0.4, 0.5) is 18.9 Å². The van der Waals surface area contributed by atoms with E-state index >= 15 is 0 Å². The Kier molecular flexibility index (Phi) is 4.66. The van der Waals surface area contributed by atoms with Gasteiger partial charge in [-0.15, -0.1) is 0 Å². The van der Waals surface area contributed by atoms with Crippen molar-refractivity contribution in [3.63, 3.8) is 0 Å². The SMILES string of the molecule is CCCCNc1cc(C(F)(F)F)ccc1OC. The van der Waals surface area contributed by atoms with Crippen molar-refractivity contribution in [1.29, 1.82) is 0 Å². The van der Waals surface area contributed by atoms with Crippen LogP contribution >= 0.6 is 0 Å². The molecule has 0 aromatic heterocycles. The predicted octanol–water partition coefficient (Wildman–Crippen LogP) is 3.93. The average molecular weight is 247 g/mol. The van der Waals surface area contributed by atoms with Crippen LogP contribution in [-0.4, -0.2) is 13.7 Å². The van der Waals surface area contributed by atoms with E-state index in [0.29, 0.717) is 18.0 Å². The number of halogens is 3. The largest absolute Gasteiger partial charge is 0.495 e. The number of anilines is 1. The average Bonchev–Trinajstić information content (AvgIpc) is 2.28. The zero-order chi connectivity index (χ0) is 12.9. The van der Waals surface area contributed by atoms with E-state index in [9.17, 15) is 13.2 Å². The van der Waals surface area contributed by atoms with Gasteiger partial charge in [-0.3, -0.25) is 0 Å². The third kappa shape index (κ3) is 3.84. The zero-order valence-electron chi connectivity index (χ0n) is 9.90. The van der Waals surface area contributed by atoms with Gasteiger partial charge in [0.05, 0.1) is 18.4 Å². The first-order chi connectivity index (χ1) is 7.99. The Morgan fingerprint density at radius 3 is 2.53 bits per heavy atom. The molecule has 17 heavy (non-hydrogen) atoms. The number of rotatable bonds is 5. The molecule has 5 heteroatoms. The molecule has 0 saturated carbocycles. The van der Waals surface area contributed by atoms with Crippen molar-refractivity contribution in [2.24, 2.45) is 0 Å². The number of nitrogens with one attached hydrogen (secondary N) is 1. The smallest absolute Gasteiger partial charge is 0.416 e. The van der Waals surface area contributed by atoms with Crippen LogP contribution in [0.1, 0.15) is 25.3 Å². The number of methoxy groups -OCH3 is 1. The fourth-order valence-corrected chi connectivity index (χ4v) is 1.42. The van der Waals surface area contributed by atoms with Gasteiger partial charge in [0.2, 0.25) is 0 Å². The molecule has 1 aromatic carbocycles. The highest BCUT2D eigenvalue weighted by atomic mass is 19.4. The number of hydrogen-bond acceptors (Lipinski definition) is 2. The number of hydrogen-bond donors (Lipinski definition) is 1. The molecule has 1 rings (SSSR count). The van der Waals surface area contributed by atoms with Gasteiger partial charge in [0, 0.05) is 6.54 Å². The first-order valence-corrected chi connectivity index (χ1v) is 5.48. The minimum Gasteiger partial charge on any atom is -0.495 e. The summed E-state index contributed by atoms with van der Waals surface area (Å²) < 4.78 is 42.6. The van der Waals surface area contributed by atoms with E-state index < -0.39 is 11.7 Å². The van der Waals surface area contributed by atoms with Crippen LogP contribution < -0.4 is 10.1 Å². The molecule has 0 heterocycles. The van der Waals surface area contributed by atoms with E-state index in [1.807, 2.05) is 6.92 Å². The molecule has 0 aliphatic carbocycles. The molecule has 0 aliphatic heterocycles. The molecule has 1 N–H and O–H groups in total. The van der Waals surface area contributed by atoms with Crippen LogP contribution in [0.25, 0.3) is 0 Å². The Balaban J connectivity index is 2.90. The number of alkyl halides is 3. The Hall–Kier alpha value is -1.39. The minimum absolute atomic E-state index is 0.385. The second-order valence-corrected chi connectivity index (χ2v) is 3.69. The molecule has 1 aromatic rings. The van der Waals surface area contributed by atoms with Gasteiger partial charge < -0.3 is 10.1 Å². The van der Waals surface area contributed by atoms with E-state index in [0.717, 1.165) is 25.0 Å². The van der Waals surface area contributed by atoms with Crippen molar-refractivity contribution in [3.05, 3.63) is 23.8 Å². The van der Waals surface area contributed by atoms with Gasteiger partial charge in [0.25, 0.3) is 0 Å². The lowest BCUT2D eigenvalue weighted by molar-refractivity contribution is -0.137. The van der Waals surface area contributed by atoms with E-state index in [2.05, 4.69) is 5.32 Å². The van der Waals surface area contributed by atoms with Gasteiger partial charge in [-0.2, -0.15) is 13.2 Å². The maximum Gasteiger partial charge on any atom is 0.416 e. The van der Waals surface area contributed by atoms with E-state index in [1.54, 1.807) is 0 Å². The molecule has 0 unspecified atom stereocenters. The van der Waals surface area contributed by atoms with Gasteiger partial charge >= 0.3 is 6.18 Å². The fourth-order valence-electron chi connectivity index (χ4n) is 1.42. The lowest BCUT2D eigenvalue weighted by atomic mass is 10.1. The summed E-state index contributed by atoms with van der Waals surface area (Å²) >= 11 is 0. The highest BCUT2D eigenvalue weighted by Crippen LogP contribution is 2.34. The summed E-state index contributed by atoms with van der Waals surface area (Å²) in [5, 5.41) is 2.95. The zero-order valence-corrected chi connectivity index (χ0v) is 9.90. The molecule has 0 atom stereocenters. The summed E-state index contributed by atoms with van der Waals surface area (Å²) in [6.45, 7) is 2.65. The second-order valence-electron chi connectivity index (χ2n) is 3.69. The normalized spacial score (nSPS) is 11.4. The molecule has 96 valence electrons. The predicted molar refractivity (Wildman–Crippen MR) is 61.4 cm³/mol. The van der Waals surface area contributed by atoms with Crippen LogP contribution in [0.3, 0.4) is 0 Å². The number of ether oxygens (including phenoxy) is 1. The van der Waals surface area contributed by atoms with Crippen LogP contribution in [0.5, 0.6) is 5.75 Å². The highest BCUT2D eigenvalue weighted by Gasteiger charge is 2.31. The monoisotopic (exact) mass is 247 g/mol. The Labute approximate surface area is 98.8 Å². The molecule has 0 amide bonds. The Morgan fingerprint density at radius 2 is 2.00 bits per heavy atom. The van der Waals surface area contributed by atoms with Crippen molar-refractivity contribution in [1.82, 2.24) is 0 Å². The Bertz CT molecular complexity index is 363. The van der Waals surface area contributed by atoms with Gasteiger partial charge in [0.1, 0.15) is 5.75 Å². The molecule has 0 bridgehead atoms. The third-order valence-electron chi connectivity index (χ3n) is 2.37. The molecule has 0 spiro atoms. The fraction of sp³-hybridized carbons (Fsp3) is 0.500. The van der Waals surface area contributed by atoms with Crippen LogP contribution in [-0.2, 0) is 6.18 Å². The third-order valence-corrected chi connectivity index (χ3v) is 2.37. The van der Waals surface area contributed by atoms with Crippen LogP contribution in [0, 0.1) is 0 Å². The summed E-state index contributed by atoms with van der Waals surface area (Å²) in [4.78, 5) is 0. The first-order valence-electron chi connectivity index (χ1n) is 5.48. The lowest BCUT2D eigenvalue weighted by Gasteiger charge is -2.14. The van der Waals surface area contributed by atoms with E-state index in [1.165, 1.54) is 13.2 Å². The second kappa shape index (κ2) is 5.80. The van der Waals surface area contributed by atoms with Crippen molar-refractivity contribution >= 4 is 5.69 Å². The Morgan fingerprint density at radius 1 is 1.29 bits per heavy atom. The molecular weight excluding hydrogens is 231 g/mol. The van der Waals surface area contributed by atoms with Gasteiger partial charge in [-0.25, -0.2) is 0 Å². The van der Waals surface area contributed by atoms with Crippen molar-refractivity contribution in [2.75, 3.05) is 19.0 Å². The maximum atomic E-state index is 12.5. The maximum absolute atomic E-state index is 12.5. The molecule has 2 nitrogen and oxygen atoms in total. The van der Waals surface area contributed by atoms with Gasteiger partial charge in [-0.1, -0.05) is 13.3 Å². The summed E-state index contributed by atoms with van der Waals surface area (Å²) in [6, 6.07) is 3.43. The quantitative estimate of drug-likeness (QED) is 0.796. The highest BCUT2D eigenvalue weighted by molar-refractivity contribution is 5.58. The molecule has 0 saturated heterocycles. The van der Waals surface area contributed by atoms with E-state index in [4.69, 9.17) is 4.74 Å². The summed E-state index contributed by atoms with van der Waals surface area (Å²) in [5.41, 5.74) is -0.284. The lowest BCUT2D eigenvalue weighted by Crippen LogP contribution is -2.08. The van der Waals surface area contributed by atoms with Gasteiger partial charge in [-0.05, 0) is 24.6 Å². The van der Waals surface area contributed by atoms with Crippen LogP contribution in [0.15, 0.2) is 18.2 Å². The van der Waals surface area contributed by atoms with Crippen LogP contribution in [0.2, 0.25) is 0 Å². The molecule has 0 radical (unpaired) electrons. The van der Waals surface area contributed by atoms with Crippen molar-refractivity contribution in [3.8, 4) is 5.75 Å².